The van der Waals surface area contributed by atoms with Crippen molar-refractivity contribution in [2.45, 2.75) is 6.42 Å². The maximum Gasteiger partial charge on any atom is 0.253 e. The van der Waals surface area contributed by atoms with Gasteiger partial charge in [-0.3, -0.25) is 14.6 Å². The van der Waals surface area contributed by atoms with Crippen molar-refractivity contribution in [1.82, 2.24) is 4.98 Å². The van der Waals surface area contributed by atoms with E-state index in [1.165, 1.54) is 5.56 Å². The van der Waals surface area contributed by atoms with Gasteiger partial charge in [-0.2, -0.15) is 11.3 Å². The van der Waals surface area contributed by atoms with Gasteiger partial charge in [-0.1, -0.05) is 0 Å². The first-order chi connectivity index (χ1) is 10.3. The van der Waals surface area contributed by atoms with Gasteiger partial charge < -0.3 is 10.6 Å². The van der Waals surface area contributed by atoms with E-state index in [0.29, 0.717) is 17.9 Å². The van der Waals surface area contributed by atoms with Crippen LogP contribution in [0.15, 0.2) is 50.9 Å². The molecular formula is C15H13N3O2S. The summed E-state index contributed by atoms with van der Waals surface area (Å²) in [5, 5.41) is 10.1. The molecule has 0 saturated carbocycles. The third kappa shape index (κ3) is 2.85. The van der Waals surface area contributed by atoms with Gasteiger partial charge >= 0.3 is 0 Å². The maximum absolute atomic E-state index is 11.6. The third-order valence-electron chi connectivity index (χ3n) is 3.16. The molecule has 0 fully saturated rings. The summed E-state index contributed by atoms with van der Waals surface area (Å²) < 4.78 is 0. The smallest absolute Gasteiger partial charge is 0.253 e. The highest BCUT2D eigenvalue weighted by Gasteiger charge is 2.20. The molecule has 2 N–H and O–H groups in total. The number of aromatic nitrogens is 1. The number of nitrogens with zero attached hydrogens (tertiary/aromatic N) is 1. The van der Waals surface area contributed by atoms with Crippen molar-refractivity contribution in [3.63, 3.8) is 0 Å². The van der Waals surface area contributed by atoms with Gasteiger partial charge in [0.15, 0.2) is 0 Å². The van der Waals surface area contributed by atoms with Crippen molar-refractivity contribution < 1.29 is 0 Å². The lowest BCUT2D eigenvalue weighted by atomic mass is 10.1. The van der Waals surface area contributed by atoms with Gasteiger partial charge in [0.1, 0.15) is 11.4 Å². The number of rotatable bonds is 6. The monoisotopic (exact) mass is 299 g/mol. The van der Waals surface area contributed by atoms with E-state index in [4.69, 9.17) is 0 Å². The number of hydrogen-bond donors (Lipinski definition) is 2. The summed E-state index contributed by atoms with van der Waals surface area (Å²) in [7, 11) is 0. The zero-order valence-corrected chi connectivity index (χ0v) is 11.9. The van der Waals surface area contributed by atoms with Crippen LogP contribution >= 0.6 is 11.3 Å². The van der Waals surface area contributed by atoms with E-state index in [-0.39, 0.29) is 0 Å². The molecule has 21 heavy (non-hydrogen) atoms. The highest BCUT2D eigenvalue weighted by Crippen LogP contribution is 2.20. The second kappa shape index (κ2) is 5.88. The molecule has 0 aliphatic heterocycles. The van der Waals surface area contributed by atoms with E-state index in [0.717, 1.165) is 12.1 Å². The molecule has 0 aliphatic carbocycles. The Hall–Kier alpha value is -2.47. The van der Waals surface area contributed by atoms with Crippen molar-refractivity contribution in [2.75, 3.05) is 17.2 Å². The molecule has 0 aliphatic rings. The number of thiophene rings is 1. The van der Waals surface area contributed by atoms with Crippen LogP contribution in [0, 0.1) is 0 Å². The summed E-state index contributed by atoms with van der Waals surface area (Å²) in [6, 6.07) is 5.53. The van der Waals surface area contributed by atoms with Crippen molar-refractivity contribution in [1.29, 1.82) is 0 Å². The highest BCUT2D eigenvalue weighted by atomic mass is 32.1. The number of pyridine rings is 1. The van der Waals surface area contributed by atoms with Crippen LogP contribution in [-0.2, 0) is 6.42 Å². The molecule has 6 heteroatoms. The molecule has 2 aromatic heterocycles. The molecule has 5 nitrogen and oxygen atoms in total. The zero-order valence-electron chi connectivity index (χ0n) is 11.1. The minimum absolute atomic E-state index is 0.330. The van der Waals surface area contributed by atoms with E-state index in [1.807, 2.05) is 11.4 Å². The summed E-state index contributed by atoms with van der Waals surface area (Å²) in [5.74, 6) is 0. The fraction of sp³-hybridized carbons (Fsp3) is 0.133. The molecule has 0 atom stereocenters. The van der Waals surface area contributed by atoms with Crippen LogP contribution in [0.5, 0.6) is 0 Å². The minimum Gasteiger partial charge on any atom is -0.380 e. The van der Waals surface area contributed by atoms with Crippen LogP contribution in [-0.4, -0.2) is 11.5 Å². The van der Waals surface area contributed by atoms with Gasteiger partial charge in [0, 0.05) is 24.6 Å². The molecule has 3 aromatic rings. The van der Waals surface area contributed by atoms with Gasteiger partial charge in [0.2, 0.25) is 0 Å². The molecule has 0 amide bonds. The van der Waals surface area contributed by atoms with Crippen LogP contribution in [0.2, 0.25) is 0 Å². The molecule has 2 heterocycles. The second-order valence-electron chi connectivity index (χ2n) is 4.58. The van der Waals surface area contributed by atoms with Crippen LogP contribution in [0.3, 0.4) is 0 Å². The first-order valence-corrected chi connectivity index (χ1v) is 7.45. The molecule has 1 aromatic carbocycles. The predicted molar refractivity (Wildman–Crippen MR) is 85.4 cm³/mol. The quantitative estimate of drug-likeness (QED) is 0.682. The summed E-state index contributed by atoms with van der Waals surface area (Å²) in [4.78, 5) is 27.2. The lowest BCUT2D eigenvalue weighted by Gasteiger charge is -2.14. The normalized spacial score (nSPS) is 10.7. The number of hydrogen-bond acceptors (Lipinski definition) is 6. The molecule has 0 bridgehead atoms. The fourth-order valence-electron chi connectivity index (χ4n) is 2.03. The van der Waals surface area contributed by atoms with Crippen LogP contribution in [0.1, 0.15) is 5.56 Å². The Kier molecular flexibility index (Phi) is 3.79. The predicted octanol–water partition coefficient (Wildman–Crippen LogP) is 2.14. The van der Waals surface area contributed by atoms with Crippen molar-refractivity contribution in [2.24, 2.45) is 0 Å². The van der Waals surface area contributed by atoms with Crippen LogP contribution in [0.25, 0.3) is 0 Å². The Balaban J connectivity index is 1.67. The SMILES string of the molecule is O=c1c(NCCc2ccsc2)c(Nc2ccncc2)c1=O. The average Bonchev–Trinajstić information content (AvgIpc) is 3.04. The summed E-state index contributed by atoms with van der Waals surface area (Å²) >= 11 is 1.64. The second-order valence-corrected chi connectivity index (χ2v) is 5.36. The average molecular weight is 299 g/mol. The molecule has 3 rings (SSSR count). The Bertz CT molecular complexity index is 790. The van der Waals surface area contributed by atoms with Crippen molar-refractivity contribution >= 4 is 28.4 Å². The molecule has 0 unspecified atom stereocenters. The van der Waals surface area contributed by atoms with E-state index < -0.39 is 10.9 Å². The molecule has 0 saturated heterocycles. The van der Waals surface area contributed by atoms with Gasteiger partial charge in [0.25, 0.3) is 10.9 Å². The van der Waals surface area contributed by atoms with E-state index >= 15 is 0 Å². The third-order valence-corrected chi connectivity index (χ3v) is 3.89. The Labute approximate surface area is 125 Å². The molecule has 0 spiro atoms. The van der Waals surface area contributed by atoms with Crippen molar-refractivity contribution in [3.05, 3.63) is 67.4 Å². The van der Waals surface area contributed by atoms with Gasteiger partial charge in [-0.25, -0.2) is 0 Å². The lowest BCUT2D eigenvalue weighted by Crippen LogP contribution is -2.37. The summed E-state index contributed by atoms with van der Waals surface area (Å²) in [6.45, 7) is 0.618. The summed E-state index contributed by atoms with van der Waals surface area (Å²) in [5.41, 5.74) is 1.71. The van der Waals surface area contributed by atoms with E-state index in [2.05, 4.69) is 21.0 Å². The molecule has 0 radical (unpaired) electrons. The van der Waals surface area contributed by atoms with Gasteiger partial charge in [0.05, 0.1) is 0 Å². The molecular weight excluding hydrogens is 286 g/mol. The van der Waals surface area contributed by atoms with Crippen LogP contribution in [0.4, 0.5) is 17.1 Å². The van der Waals surface area contributed by atoms with E-state index in [1.54, 1.807) is 35.9 Å². The largest absolute Gasteiger partial charge is 0.380 e. The number of anilines is 3. The number of nitrogens with one attached hydrogen (secondary N) is 2. The standard InChI is InChI=1S/C15H13N3O2S/c19-14-12(17-7-1-10-4-8-21-9-10)13(15(14)20)18-11-2-5-16-6-3-11/h2-6,8-9,17H,1,7H2,(H,16,18). The van der Waals surface area contributed by atoms with Crippen molar-refractivity contribution in [3.8, 4) is 0 Å². The Morgan fingerprint density at radius 3 is 2.52 bits per heavy atom. The Morgan fingerprint density at radius 2 is 1.81 bits per heavy atom. The molecule has 106 valence electrons. The van der Waals surface area contributed by atoms with Gasteiger partial charge in [-0.15, -0.1) is 0 Å². The lowest BCUT2D eigenvalue weighted by molar-refractivity contribution is 1.02. The van der Waals surface area contributed by atoms with Gasteiger partial charge in [-0.05, 0) is 40.9 Å². The maximum atomic E-state index is 11.6. The minimum atomic E-state index is -0.482. The first kappa shape index (κ1) is 13.5. The fourth-order valence-corrected chi connectivity index (χ4v) is 2.73. The summed E-state index contributed by atoms with van der Waals surface area (Å²) in [6.07, 6.45) is 4.06. The topological polar surface area (TPSA) is 71.1 Å². The van der Waals surface area contributed by atoms with Crippen LogP contribution < -0.4 is 21.5 Å². The van der Waals surface area contributed by atoms with E-state index in [9.17, 15) is 9.59 Å². The highest BCUT2D eigenvalue weighted by molar-refractivity contribution is 7.07. The first-order valence-electron chi connectivity index (χ1n) is 6.51. The zero-order chi connectivity index (χ0) is 14.7. The Morgan fingerprint density at radius 1 is 1.05 bits per heavy atom.